The summed E-state index contributed by atoms with van der Waals surface area (Å²) in [4.78, 5) is 25.4. The second-order valence-electron chi connectivity index (χ2n) is 7.44. The molecular weight excluding hydrogens is 368 g/mol. The standard InChI is InChI=1S/C23H28N2O4/c1-3-28-23(27)18-12-14-25(15-13-18)16-22(26)24-19-6-10-21(11-7-19)29-20-8-4-17(2)5-9-20/h4-11,18H,3,12-16H2,1-2H3,(H,24,26)/p+1. The number of benzene rings is 2. The Morgan fingerprint density at radius 2 is 1.59 bits per heavy atom. The van der Waals surface area contributed by atoms with Crippen molar-refractivity contribution in [1.82, 2.24) is 0 Å². The first kappa shape index (κ1) is 20.9. The number of aryl methyl sites for hydroxylation is 1. The average Bonchev–Trinajstić information content (AvgIpc) is 2.72. The Morgan fingerprint density at radius 3 is 2.17 bits per heavy atom. The number of piperidine rings is 1. The Morgan fingerprint density at radius 1 is 1.00 bits per heavy atom. The summed E-state index contributed by atoms with van der Waals surface area (Å²) >= 11 is 0. The maximum absolute atomic E-state index is 12.4. The van der Waals surface area contributed by atoms with Gasteiger partial charge in [-0.15, -0.1) is 0 Å². The quantitative estimate of drug-likeness (QED) is 0.705. The maximum atomic E-state index is 12.4. The van der Waals surface area contributed by atoms with Crippen LogP contribution in [0, 0.1) is 12.8 Å². The van der Waals surface area contributed by atoms with Gasteiger partial charge in [-0.25, -0.2) is 0 Å². The molecule has 1 fully saturated rings. The van der Waals surface area contributed by atoms with Crippen LogP contribution in [0.15, 0.2) is 48.5 Å². The van der Waals surface area contributed by atoms with Crippen molar-refractivity contribution in [2.24, 2.45) is 5.92 Å². The number of likely N-dealkylation sites (tertiary alicyclic amines) is 1. The average molecular weight is 397 g/mol. The first-order chi connectivity index (χ1) is 14.0. The normalized spacial score (nSPS) is 18.7. The second-order valence-corrected chi connectivity index (χ2v) is 7.44. The van der Waals surface area contributed by atoms with E-state index in [4.69, 9.17) is 9.47 Å². The highest BCUT2D eigenvalue weighted by molar-refractivity contribution is 5.91. The minimum atomic E-state index is -0.107. The Balaban J connectivity index is 1.44. The van der Waals surface area contributed by atoms with E-state index < -0.39 is 0 Å². The Hall–Kier alpha value is -2.86. The fraction of sp³-hybridized carbons (Fsp3) is 0.391. The summed E-state index contributed by atoms with van der Waals surface area (Å²) in [6.07, 6.45) is 1.54. The summed E-state index contributed by atoms with van der Waals surface area (Å²) in [5, 5.41) is 2.94. The van der Waals surface area contributed by atoms with Crippen LogP contribution in [-0.4, -0.2) is 38.1 Å². The van der Waals surface area contributed by atoms with E-state index in [9.17, 15) is 9.59 Å². The third-order valence-electron chi connectivity index (χ3n) is 5.12. The third kappa shape index (κ3) is 6.32. The van der Waals surface area contributed by atoms with Gasteiger partial charge in [0, 0.05) is 18.5 Å². The Bertz CT molecular complexity index is 810. The predicted octanol–water partition coefficient (Wildman–Crippen LogP) is 2.58. The molecule has 6 heteroatoms. The van der Waals surface area contributed by atoms with E-state index in [0.717, 1.165) is 43.1 Å². The molecule has 2 aromatic rings. The molecule has 0 atom stereocenters. The van der Waals surface area contributed by atoms with Crippen molar-refractivity contribution in [1.29, 1.82) is 0 Å². The zero-order valence-corrected chi connectivity index (χ0v) is 17.1. The molecule has 0 unspecified atom stereocenters. The van der Waals surface area contributed by atoms with Crippen LogP contribution in [0.4, 0.5) is 5.69 Å². The number of quaternary nitrogens is 1. The smallest absolute Gasteiger partial charge is 0.309 e. The molecule has 6 nitrogen and oxygen atoms in total. The van der Waals surface area contributed by atoms with Gasteiger partial charge in [0.1, 0.15) is 11.5 Å². The number of carbonyl (C=O) groups is 2. The zero-order valence-electron chi connectivity index (χ0n) is 17.1. The number of amides is 1. The monoisotopic (exact) mass is 397 g/mol. The molecular formula is C23H29N2O4+. The van der Waals surface area contributed by atoms with Gasteiger partial charge >= 0.3 is 5.97 Å². The van der Waals surface area contributed by atoms with Gasteiger partial charge in [-0.2, -0.15) is 0 Å². The molecule has 0 radical (unpaired) electrons. The van der Waals surface area contributed by atoms with Crippen LogP contribution in [0.5, 0.6) is 11.5 Å². The van der Waals surface area contributed by atoms with Gasteiger partial charge in [0.2, 0.25) is 0 Å². The van der Waals surface area contributed by atoms with Crippen molar-refractivity contribution < 1.29 is 24.0 Å². The molecule has 2 N–H and O–H groups in total. The van der Waals surface area contributed by atoms with Crippen LogP contribution in [0.1, 0.15) is 25.3 Å². The van der Waals surface area contributed by atoms with E-state index in [1.54, 1.807) is 0 Å². The lowest BCUT2D eigenvalue weighted by Crippen LogP contribution is -3.14. The van der Waals surface area contributed by atoms with Gasteiger partial charge in [0.05, 0.1) is 25.6 Å². The van der Waals surface area contributed by atoms with Crippen molar-refractivity contribution in [3.8, 4) is 11.5 Å². The molecule has 0 saturated carbocycles. The van der Waals surface area contributed by atoms with E-state index in [-0.39, 0.29) is 17.8 Å². The van der Waals surface area contributed by atoms with Crippen molar-refractivity contribution >= 4 is 17.6 Å². The largest absolute Gasteiger partial charge is 0.466 e. The highest BCUT2D eigenvalue weighted by atomic mass is 16.5. The van der Waals surface area contributed by atoms with Crippen LogP contribution in [0.3, 0.4) is 0 Å². The molecule has 3 rings (SSSR count). The van der Waals surface area contributed by atoms with Crippen molar-refractivity contribution in [2.45, 2.75) is 26.7 Å². The molecule has 0 spiro atoms. The SMILES string of the molecule is CCOC(=O)C1CC[NH+](CC(=O)Nc2ccc(Oc3ccc(C)cc3)cc2)CC1. The molecule has 0 aromatic heterocycles. The van der Waals surface area contributed by atoms with Gasteiger partial charge in [0.15, 0.2) is 6.54 Å². The first-order valence-electron chi connectivity index (χ1n) is 10.2. The van der Waals surface area contributed by atoms with Gasteiger partial charge < -0.3 is 19.7 Å². The Kier molecular flexibility index (Phi) is 7.25. The summed E-state index contributed by atoms with van der Waals surface area (Å²) in [7, 11) is 0. The second kappa shape index (κ2) is 10.1. The maximum Gasteiger partial charge on any atom is 0.309 e. The van der Waals surface area contributed by atoms with Crippen molar-refractivity contribution in [2.75, 3.05) is 31.6 Å². The minimum Gasteiger partial charge on any atom is -0.466 e. The molecule has 0 bridgehead atoms. The summed E-state index contributed by atoms with van der Waals surface area (Å²) < 4.78 is 10.9. The molecule has 1 aliphatic rings. The van der Waals surface area contributed by atoms with Crippen LogP contribution in [0.2, 0.25) is 0 Å². The number of nitrogens with one attached hydrogen (secondary N) is 2. The molecule has 1 saturated heterocycles. The summed E-state index contributed by atoms with van der Waals surface area (Å²) in [6.45, 7) is 6.29. The number of hydrogen-bond acceptors (Lipinski definition) is 4. The number of rotatable bonds is 7. The first-order valence-corrected chi connectivity index (χ1v) is 10.2. The van der Waals surface area contributed by atoms with Crippen LogP contribution >= 0.6 is 0 Å². The van der Waals surface area contributed by atoms with Crippen molar-refractivity contribution in [3.05, 3.63) is 54.1 Å². The molecule has 1 amide bonds. The van der Waals surface area contributed by atoms with Crippen molar-refractivity contribution in [3.63, 3.8) is 0 Å². The van der Waals surface area contributed by atoms with E-state index >= 15 is 0 Å². The van der Waals surface area contributed by atoms with Crippen LogP contribution in [-0.2, 0) is 14.3 Å². The van der Waals surface area contributed by atoms with E-state index in [1.807, 2.05) is 62.4 Å². The molecule has 2 aromatic carbocycles. The lowest BCUT2D eigenvalue weighted by Gasteiger charge is -2.27. The van der Waals surface area contributed by atoms with Gasteiger partial charge in [0.25, 0.3) is 5.91 Å². The number of ether oxygens (including phenoxy) is 2. The third-order valence-corrected chi connectivity index (χ3v) is 5.12. The fourth-order valence-electron chi connectivity index (χ4n) is 3.48. The highest BCUT2D eigenvalue weighted by Gasteiger charge is 2.29. The van der Waals surface area contributed by atoms with Gasteiger partial charge in [-0.1, -0.05) is 17.7 Å². The molecule has 29 heavy (non-hydrogen) atoms. The molecule has 154 valence electrons. The van der Waals surface area contributed by atoms with Crippen LogP contribution < -0.4 is 15.0 Å². The predicted molar refractivity (Wildman–Crippen MR) is 111 cm³/mol. The summed E-state index contributed by atoms with van der Waals surface area (Å²) in [5.41, 5.74) is 1.93. The lowest BCUT2D eigenvalue weighted by atomic mass is 9.97. The van der Waals surface area contributed by atoms with Crippen LogP contribution in [0.25, 0.3) is 0 Å². The number of carbonyl (C=O) groups excluding carboxylic acids is 2. The Labute approximate surface area is 171 Å². The number of anilines is 1. The highest BCUT2D eigenvalue weighted by Crippen LogP contribution is 2.23. The topological polar surface area (TPSA) is 69.1 Å². The summed E-state index contributed by atoms with van der Waals surface area (Å²) in [6, 6.07) is 15.2. The number of hydrogen-bond donors (Lipinski definition) is 2. The zero-order chi connectivity index (χ0) is 20.6. The molecule has 1 aliphatic heterocycles. The molecule has 0 aliphatic carbocycles. The van der Waals surface area contributed by atoms with Gasteiger partial charge in [-0.05, 0) is 50.2 Å². The van der Waals surface area contributed by atoms with E-state index in [0.29, 0.717) is 13.2 Å². The summed E-state index contributed by atoms with van der Waals surface area (Å²) in [5.74, 6) is 1.34. The lowest BCUT2D eigenvalue weighted by molar-refractivity contribution is -0.897. The number of esters is 1. The van der Waals surface area contributed by atoms with E-state index in [1.165, 1.54) is 10.5 Å². The fourth-order valence-corrected chi connectivity index (χ4v) is 3.48. The minimum absolute atomic E-state index is 0.0252. The van der Waals surface area contributed by atoms with Gasteiger partial charge in [-0.3, -0.25) is 9.59 Å². The van der Waals surface area contributed by atoms with E-state index in [2.05, 4.69) is 5.32 Å². The molecule has 1 heterocycles.